The van der Waals surface area contributed by atoms with Gasteiger partial charge in [0.2, 0.25) is 0 Å². The summed E-state index contributed by atoms with van der Waals surface area (Å²) in [5.41, 5.74) is 2.25. The van der Waals surface area contributed by atoms with Crippen LogP contribution in [0.25, 0.3) is 11.1 Å². The molecule has 6 nitrogen and oxygen atoms in total. The first-order valence-electron chi connectivity index (χ1n) is 7.58. The molecular weight excluding hydrogens is 308 g/mol. The molecule has 2 aromatic rings. The third kappa shape index (κ3) is 4.55. The summed E-state index contributed by atoms with van der Waals surface area (Å²) in [7, 11) is 3.26. The van der Waals surface area contributed by atoms with Crippen molar-refractivity contribution in [1.82, 2.24) is 9.88 Å². The normalized spacial score (nSPS) is 10.2. The largest absolute Gasteiger partial charge is 0.497 e. The second-order valence-corrected chi connectivity index (χ2v) is 5.41. The molecule has 126 valence electrons. The Kier molecular flexibility index (Phi) is 5.89. The van der Waals surface area contributed by atoms with Gasteiger partial charge in [0, 0.05) is 38.0 Å². The number of pyridine rings is 1. The van der Waals surface area contributed by atoms with Crippen LogP contribution in [0.2, 0.25) is 0 Å². The standard InChI is InChI=1S/C18H20N2O4/c1-20(9-3-4-17(21)22)18(23)15-10-14(11-19-12-15)13-5-7-16(24-2)8-6-13/h5-8,10-12H,3-4,9H2,1-2H3,(H,21,22). The molecule has 0 fully saturated rings. The van der Waals surface area contributed by atoms with Gasteiger partial charge in [-0.1, -0.05) is 12.1 Å². The molecule has 0 unspecified atom stereocenters. The fourth-order valence-electron chi connectivity index (χ4n) is 2.29. The lowest BCUT2D eigenvalue weighted by atomic mass is 10.1. The monoisotopic (exact) mass is 328 g/mol. The van der Waals surface area contributed by atoms with Crippen LogP contribution in [0.1, 0.15) is 23.2 Å². The number of hydrogen-bond donors (Lipinski definition) is 1. The number of aromatic nitrogens is 1. The maximum Gasteiger partial charge on any atom is 0.303 e. The van der Waals surface area contributed by atoms with Crippen molar-refractivity contribution in [3.8, 4) is 16.9 Å². The van der Waals surface area contributed by atoms with Crippen LogP contribution >= 0.6 is 0 Å². The van der Waals surface area contributed by atoms with E-state index in [1.165, 1.54) is 11.1 Å². The van der Waals surface area contributed by atoms with Crippen molar-refractivity contribution >= 4 is 11.9 Å². The second kappa shape index (κ2) is 8.10. The van der Waals surface area contributed by atoms with Crippen molar-refractivity contribution in [3.63, 3.8) is 0 Å². The molecule has 0 aliphatic heterocycles. The van der Waals surface area contributed by atoms with Crippen molar-refractivity contribution in [3.05, 3.63) is 48.3 Å². The van der Waals surface area contributed by atoms with E-state index in [1.54, 1.807) is 26.4 Å². The van der Waals surface area contributed by atoms with Gasteiger partial charge < -0.3 is 14.7 Å². The Hall–Kier alpha value is -2.89. The summed E-state index contributed by atoms with van der Waals surface area (Å²) in [6.45, 7) is 0.387. The summed E-state index contributed by atoms with van der Waals surface area (Å²) < 4.78 is 5.13. The van der Waals surface area contributed by atoms with Crippen LogP contribution < -0.4 is 4.74 Å². The number of carbonyl (C=O) groups excluding carboxylic acids is 1. The van der Waals surface area contributed by atoms with Gasteiger partial charge in [-0.3, -0.25) is 14.6 Å². The number of nitrogens with zero attached hydrogens (tertiary/aromatic N) is 2. The number of rotatable bonds is 7. The SMILES string of the molecule is COc1ccc(-c2cncc(C(=O)N(C)CCCC(=O)O)c2)cc1. The first-order chi connectivity index (χ1) is 11.5. The Balaban J connectivity index is 2.10. The van der Waals surface area contributed by atoms with Crippen molar-refractivity contribution in [2.45, 2.75) is 12.8 Å². The number of hydrogen-bond acceptors (Lipinski definition) is 4. The zero-order chi connectivity index (χ0) is 17.5. The van der Waals surface area contributed by atoms with E-state index >= 15 is 0 Å². The maximum absolute atomic E-state index is 12.4. The van der Waals surface area contributed by atoms with Crippen LogP contribution in [0.5, 0.6) is 5.75 Å². The number of methoxy groups -OCH3 is 1. The van der Waals surface area contributed by atoms with E-state index in [-0.39, 0.29) is 12.3 Å². The molecule has 1 heterocycles. The van der Waals surface area contributed by atoms with Gasteiger partial charge in [0.1, 0.15) is 5.75 Å². The highest BCUT2D eigenvalue weighted by molar-refractivity contribution is 5.95. The summed E-state index contributed by atoms with van der Waals surface area (Å²) >= 11 is 0. The molecule has 24 heavy (non-hydrogen) atoms. The average Bonchev–Trinajstić information content (AvgIpc) is 2.61. The minimum Gasteiger partial charge on any atom is -0.497 e. The fraction of sp³-hybridized carbons (Fsp3) is 0.278. The van der Waals surface area contributed by atoms with Gasteiger partial charge in [0.25, 0.3) is 5.91 Å². The minimum atomic E-state index is -0.862. The fourth-order valence-corrected chi connectivity index (χ4v) is 2.29. The first kappa shape index (κ1) is 17.5. The molecule has 0 saturated heterocycles. The third-order valence-electron chi connectivity index (χ3n) is 3.64. The molecule has 0 aliphatic carbocycles. The highest BCUT2D eigenvalue weighted by Gasteiger charge is 2.13. The Morgan fingerprint density at radius 3 is 2.50 bits per heavy atom. The maximum atomic E-state index is 12.4. The number of benzene rings is 1. The quantitative estimate of drug-likeness (QED) is 0.845. The van der Waals surface area contributed by atoms with Crippen LogP contribution in [0.4, 0.5) is 0 Å². The lowest BCUT2D eigenvalue weighted by molar-refractivity contribution is -0.137. The van der Waals surface area contributed by atoms with Crippen molar-refractivity contribution in [1.29, 1.82) is 0 Å². The van der Waals surface area contributed by atoms with Crippen LogP contribution in [-0.2, 0) is 4.79 Å². The minimum absolute atomic E-state index is 0.0434. The highest BCUT2D eigenvalue weighted by atomic mass is 16.5. The lowest BCUT2D eigenvalue weighted by Gasteiger charge is -2.17. The Bertz CT molecular complexity index is 713. The number of carbonyl (C=O) groups is 2. The van der Waals surface area contributed by atoms with E-state index < -0.39 is 5.97 Å². The molecule has 1 aromatic heterocycles. The van der Waals surface area contributed by atoms with E-state index in [4.69, 9.17) is 9.84 Å². The number of carboxylic acid groups (broad SMARTS) is 1. The molecule has 1 N–H and O–H groups in total. The first-order valence-corrected chi connectivity index (χ1v) is 7.58. The van der Waals surface area contributed by atoms with Gasteiger partial charge in [-0.2, -0.15) is 0 Å². The molecule has 0 radical (unpaired) electrons. The van der Waals surface area contributed by atoms with Gasteiger partial charge in [-0.25, -0.2) is 0 Å². The molecule has 0 aliphatic rings. The second-order valence-electron chi connectivity index (χ2n) is 5.41. The Labute approximate surface area is 140 Å². The van der Waals surface area contributed by atoms with Gasteiger partial charge in [0.05, 0.1) is 12.7 Å². The molecule has 1 amide bonds. The summed E-state index contributed by atoms with van der Waals surface area (Å²) in [6, 6.07) is 9.29. The van der Waals surface area contributed by atoms with E-state index in [2.05, 4.69) is 4.98 Å². The Morgan fingerprint density at radius 2 is 1.88 bits per heavy atom. The number of amides is 1. The smallest absolute Gasteiger partial charge is 0.303 e. The van der Waals surface area contributed by atoms with Gasteiger partial charge in [0.15, 0.2) is 0 Å². The van der Waals surface area contributed by atoms with Crippen molar-refractivity contribution < 1.29 is 19.4 Å². The van der Waals surface area contributed by atoms with Crippen LogP contribution in [-0.4, -0.2) is 47.6 Å². The van der Waals surface area contributed by atoms with E-state index in [0.717, 1.165) is 16.9 Å². The van der Waals surface area contributed by atoms with Crippen LogP contribution in [0.15, 0.2) is 42.7 Å². The van der Waals surface area contributed by atoms with Crippen molar-refractivity contribution in [2.24, 2.45) is 0 Å². The van der Waals surface area contributed by atoms with Crippen molar-refractivity contribution in [2.75, 3.05) is 20.7 Å². The molecule has 0 saturated carbocycles. The summed E-state index contributed by atoms with van der Waals surface area (Å²) in [5.74, 6) is -0.278. The van der Waals surface area contributed by atoms with Gasteiger partial charge >= 0.3 is 5.97 Å². The lowest BCUT2D eigenvalue weighted by Crippen LogP contribution is -2.28. The number of ether oxygens (including phenoxy) is 1. The Morgan fingerprint density at radius 1 is 1.17 bits per heavy atom. The summed E-state index contributed by atoms with van der Waals surface area (Å²) in [6.07, 6.45) is 3.68. The predicted molar refractivity (Wildman–Crippen MR) is 90.1 cm³/mol. The van der Waals surface area contributed by atoms with E-state index in [9.17, 15) is 9.59 Å². The topological polar surface area (TPSA) is 79.7 Å². The summed E-state index contributed by atoms with van der Waals surface area (Å²) in [5, 5.41) is 8.66. The molecule has 0 spiro atoms. The molecule has 0 atom stereocenters. The van der Waals surface area contributed by atoms with E-state index in [1.807, 2.05) is 24.3 Å². The average molecular weight is 328 g/mol. The molecule has 2 rings (SSSR count). The highest BCUT2D eigenvalue weighted by Crippen LogP contribution is 2.22. The van der Waals surface area contributed by atoms with Gasteiger partial charge in [-0.15, -0.1) is 0 Å². The molecule has 1 aromatic carbocycles. The zero-order valence-electron chi connectivity index (χ0n) is 13.7. The van der Waals surface area contributed by atoms with E-state index in [0.29, 0.717) is 18.5 Å². The number of carboxylic acids is 1. The van der Waals surface area contributed by atoms with Gasteiger partial charge in [-0.05, 0) is 30.2 Å². The number of aliphatic carboxylic acids is 1. The molecule has 0 bridgehead atoms. The zero-order valence-corrected chi connectivity index (χ0v) is 13.7. The van der Waals surface area contributed by atoms with Crippen LogP contribution in [0, 0.1) is 0 Å². The third-order valence-corrected chi connectivity index (χ3v) is 3.64. The van der Waals surface area contributed by atoms with Crippen LogP contribution in [0.3, 0.4) is 0 Å². The molecule has 6 heteroatoms. The predicted octanol–water partition coefficient (Wildman–Crippen LogP) is 2.69. The summed E-state index contributed by atoms with van der Waals surface area (Å²) in [4.78, 5) is 28.6. The molecular formula is C18H20N2O4.